The number of carbonyl (C=O) groups excluding carboxylic acids is 1. The van der Waals surface area contributed by atoms with Gasteiger partial charge in [-0.1, -0.05) is 28.1 Å². The van der Waals surface area contributed by atoms with Crippen LogP contribution in [0.3, 0.4) is 0 Å². The second-order valence-corrected chi connectivity index (χ2v) is 5.94. The molecule has 0 aliphatic heterocycles. The second-order valence-electron chi connectivity index (χ2n) is 4.04. The molecule has 0 unspecified atom stereocenters. The summed E-state index contributed by atoms with van der Waals surface area (Å²) in [5, 5.41) is 2.88. The highest BCUT2D eigenvalue weighted by Crippen LogP contribution is 2.15. The van der Waals surface area contributed by atoms with Crippen molar-refractivity contribution in [2.45, 2.75) is 18.7 Å². The third-order valence-corrected chi connectivity index (χ3v) is 3.77. The van der Waals surface area contributed by atoms with Gasteiger partial charge in [-0.25, -0.2) is 0 Å². The first-order chi connectivity index (χ1) is 8.61. The number of halogens is 1. The molecule has 0 aliphatic rings. The first-order valence-electron chi connectivity index (χ1n) is 5.72. The maximum atomic E-state index is 11.6. The number of ether oxygens (including phenoxy) is 1. The van der Waals surface area contributed by atoms with E-state index in [9.17, 15) is 4.79 Å². The Hall–Kier alpha value is -0.520. The third-order valence-electron chi connectivity index (χ3n) is 2.24. The van der Waals surface area contributed by atoms with Gasteiger partial charge in [0.25, 0.3) is 0 Å². The minimum atomic E-state index is 0.0571. The van der Waals surface area contributed by atoms with E-state index in [1.54, 1.807) is 18.9 Å². The molecular formula is C13H18BrNO2S. The number of hydrogen-bond acceptors (Lipinski definition) is 3. The number of hydrogen-bond donors (Lipinski definition) is 1. The fourth-order valence-electron chi connectivity index (χ4n) is 1.45. The van der Waals surface area contributed by atoms with Crippen LogP contribution in [0.5, 0.6) is 0 Å². The summed E-state index contributed by atoms with van der Waals surface area (Å²) >= 11 is 5.01. The molecule has 0 fully saturated rings. The molecule has 18 heavy (non-hydrogen) atoms. The first-order valence-corrected chi connectivity index (χ1v) is 7.67. The molecule has 0 saturated carbocycles. The Balaban J connectivity index is 2.21. The third kappa shape index (κ3) is 6.42. The lowest BCUT2D eigenvalue weighted by molar-refractivity contribution is -0.119. The molecule has 1 amide bonds. The molecule has 1 N–H and O–H groups in total. The highest BCUT2D eigenvalue weighted by molar-refractivity contribution is 9.10. The van der Waals surface area contributed by atoms with Gasteiger partial charge in [-0.2, -0.15) is 0 Å². The molecule has 100 valence electrons. The standard InChI is InChI=1S/C13H18BrNO2S/c1-10(7-17-2)15-13(16)9-18-8-11-3-5-12(14)6-4-11/h3-6,10H,7-9H2,1-2H3,(H,15,16)/t10-/m0/s1. The lowest BCUT2D eigenvalue weighted by Gasteiger charge is -2.12. The molecule has 1 atom stereocenters. The number of nitrogens with one attached hydrogen (secondary N) is 1. The van der Waals surface area contributed by atoms with Gasteiger partial charge in [-0.3, -0.25) is 4.79 Å². The smallest absolute Gasteiger partial charge is 0.230 e. The van der Waals surface area contributed by atoms with Crippen LogP contribution < -0.4 is 5.32 Å². The molecule has 0 radical (unpaired) electrons. The Morgan fingerprint density at radius 3 is 2.72 bits per heavy atom. The summed E-state index contributed by atoms with van der Waals surface area (Å²) in [5.74, 6) is 1.38. The summed E-state index contributed by atoms with van der Waals surface area (Å²) in [6.07, 6.45) is 0. The van der Waals surface area contributed by atoms with Crippen LogP contribution in [0.4, 0.5) is 0 Å². The molecule has 0 saturated heterocycles. The summed E-state index contributed by atoms with van der Waals surface area (Å²) < 4.78 is 6.04. The van der Waals surface area contributed by atoms with Crippen LogP contribution >= 0.6 is 27.7 Å². The molecule has 1 aromatic rings. The minimum Gasteiger partial charge on any atom is -0.383 e. The van der Waals surface area contributed by atoms with E-state index in [1.165, 1.54) is 5.56 Å². The van der Waals surface area contributed by atoms with Gasteiger partial charge in [0, 0.05) is 23.4 Å². The second kappa shape index (κ2) is 8.56. The SMILES string of the molecule is COC[C@H](C)NC(=O)CSCc1ccc(Br)cc1. The molecule has 0 bridgehead atoms. The normalized spacial score (nSPS) is 12.2. The maximum absolute atomic E-state index is 11.6. The van der Waals surface area contributed by atoms with Gasteiger partial charge in [0.2, 0.25) is 5.91 Å². The van der Waals surface area contributed by atoms with Crippen LogP contribution in [-0.4, -0.2) is 31.4 Å². The van der Waals surface area contributed by atoms with Crippen molar-refractivity contribution in [3.63, 3.8) is 0 Å². The molecular weight excluding hydrogens is 314 g/mol. The van der Waals surface area contributed by atoms with E-state index in [0.717, 1.165) is 10.2 Å². The van der Waals surface area contributed by atoms with Crippen molar-refractivity contribution in [2.75, 3.05) is 19.5 Å². The zero-order valence-electron chi connectivity index (χ0n) is 10.6. The molecule has 3 nitrogen and oxygen atoms in total. The quantitative estimate of drug-likeness (QED) is 0.834. The molecule has 0 heterocycles. The van der Waals surface area contributed by atoms with E-state index in [-0.39, 0.29) is 11.9 Å². The predicted molar refractivity (Wildman–Crippen MR) is 79.8 cm³/mol. The Labute approximate surface area is 121 Å². The van der Waals surface area contributed by atoms with E-state index in [2.05, 4.69) is 33.4 Å². The van der Waals surface area contributed by atoms with E-state index in [1.807, 2.05) is 19.1 Å². The zero-order chi connectivity index (χ0) is 13.4. The average molecular weight is 332 g/mol. The predicted octanol–water partition coefficient (Wildman–Crippen LogP) is 2.83. The van der Waals surface area contributed by atoms with E-state index in [0.29, 0.717) is 12.4 Å². The van der Waals surface area contributed by atoms with Crippen molar-refractivity contribution >= 4 is 33.6 Å². The van der Waals surface area contributed by atoms with Gasteiger partial charge in [0.1, 0.15) is 0 Å². The van der Waals surface area contributed by atoms with E-state index >= 15 is 0 Å². The highest BCUT2D eigenvalue weighted by Gasteiger charge is 2.06. The topological polar surface area (TPSA) is 38.3 Å². The van der Waals surface area contributed by atoms with Crippen LogP contribution in [0.25, 0.3) is 0 Å². The summed E-state index contributed by atoms with van der Waals surface area (Å²) in [6, 6.07) is 8.20. The lowest BCUT2D eigenvalue weighted by Crippen LogP contribution is -2.36. The highest BCUT2D eigenvalue weighted by atomic mass is 79.9. The number of thioether (sulfide) groups is 1. The molecule has 0 aliphatic carbocycles. The Bertz CT molecular complexity index is 370. The van der Waals surface area contributed by atoms with E-state index in [4.69, 9.17) is 4.74 Å². The summed E-state index contributed by atoms with van der Waals surface area (Å²) in [5.41, 5.74) is 1.22. The van der Waals surface area contributed by atoms with Crippen LogP contribution in [0, 0.1) is 0 Å². The first kappa shape index (κ1) is 15.5. The minimum absolute atomic E-state index is 0.0571. The number of amides is 1. The van der Waals surface area contributed by atoms with Gasteiger partial charge in [-0.15, -0.1) is 11.8 Å². The van der Waals surface area contributed by atoms with Gasteiger partial charge in [0.05, 0.1) is 12.4 Å². The molecule has 1 aromatic carbocycles. The maximum Gasteiger partial charge on any atom is 0.230 e. The van der Waals surface area contributed by atoms with Crippen molar-refractivity contribution in [3.05, 3.63) is 34.3 Å². The molecule has 0 spiro atoms. The van der Waals surface area contributed by atoms with Crippen LogP contribution in [0.2, 0.25) is 0 Å². The molecule has 1 rings (SSSR count). The average Bonchev–Trinajstić information content (AvgIpc) is 2.32. The van der Waals surface area contributed by atoms with Crippen LogP contribution in [0.15, 0.2) is 28.7 Å². The fraction of sp³-hybridized carbons (Fsp3) is 0.462. The van der Waals surface area contributed by atoms with Gasteiger partial charge < -0.3 is 10.1 Å². The largest absolute Gasteiger partial charge is 0.383 e. The number of methoxy groups -OCH3 is 1. The van der Waals surface area contributed by atoms with Crippen molar-refractivity contribution in [2.24, 2.45) is 0 Å². The van der Waals surface area contributed by atoms with Gasteiger partial charge in [0.15, 0.2) is 0 Å². The summed E-state index contributed by atoms with van der Waals surface area (Å²) in [6.45, 7) is 2.48. The monoisotopic (exact) mass is 331 g/mol. The van der Waals surface area contributed by atoms with Crippen molar-refractivity contribution in [3.8, 4) is 0 Å². The van der Waals surface area contributed by atoms with Crippen molar-refractivity contribution in [1.29, 1.82) is 0 Å². The lowest BCUT2D eigenvalue weighted by atomic mass is 10.2. The zero-order valence-corrected chi connectivity index (χ0v) is 13.0. The Morgan fingerprint density at radius 1 is 1.44 bits per heavy atom. The molecule has 5 heteroatoms. The molecule has 0 aromatic heterocycles. The van der Waals surface area contributed by atoms with Crippen molar-refractivity contribution < 1.29 is 9.53 Å². The van der Waals surface area contributed by atoms with Crippen molar-refractivity contribution in [1.82, 2.24) is 5.32 Å². The Kier molecular flexibility index (Phi) is 7.39. The van der Waals surface area contributed by atoms with Crippen LogP contribution in [0.1, 0.15) is 12.5 Å². The van der Waals surface area contributed by atoms with Gasteiger partial charge >= 0.3 is 0 Å². The fourth-order valence-corrected chi connectivity index (χ4v) is 2.51. The van der Waals surface area contributed by atoms with Crippen LogP contribution in [-0.2, 0) is 15.3 Å². The summed E-state index contributed by atoms with van der Waals surface area (Å²) in [7, 11) is 1.63. The number of benzene rings is 1. The number of rotatable bonds is 7. The van der Waals surface area contributed by atoms with Gasteiger partial charge in [-0.05, 0) is 24.6 Å². The van der Waals surface area contributed by atoms with E-state index < -0.39 is 0 Å². The number of carbonyl (C=O) groups is 1. The summed E-state index contributed by atoms with van der Waals surface area (Å²) in [4.78, 5) is 11.6. The Morgan fingerprint density at radius 2 is 2.11 bits per heavy atom.